The zero-order chi connectivity index (χ0) is 17.1. The minimum Gasteiger partial charge on any atom is -0.476 e. The fourth-order valence-corrected chi connectivity index (χ4v) is 1.88. The first-order chi connectivity index (χ1) is 10.8. The zero-order valence-corrected chi connectivity index (χ0v) is 12.5. The summed E-state index contributed by atoms with van der Waals surface area (Å²) in [7, 11) is 0. The molecule has 1 aromatic carbocycles. The van der Waals surface area contributed by atoms with Crippen LogP contribution in [-0.2, 0) is 0 Å². The molecule has 0 aliphatic heterocycles. The van der Waals surface area contributed by atoms with Gasteiger partial charge >= 0.3 is 5.97 Å². The normalized spacial score (nSPS) is 10.6. The lowest BCUT2D eigenvalue weighted by molar-refractivity contribution is 0.0691. The largest absolute Gasteiger partial charge is 0.476 e. The highest BCUT2D eigenvalue weighted by Crippen LogP contribution is 2.22. The number of anilines is 1. The number of hydrogen-bond donors (Lipinski definition) is 3. The van der Waals surface area contributed by atoms with Gasteiger partial charge in [0.25, 0.3) is 5.91 Å². The van der Waals surface area contributed by atoms with Crippen LogP contribution in [0.5, 0.6) is 0 Å². The molecule has 2 rings (SSSR count). The van der Waals surface area contributed by atoms with Crippen molar-refractivity contribution < 1.29 is 19.1 Å². The van der Waals surface area contributed by atoms with E-state index in [1.165, 1.54) is 12.1 Å². The van der Waals surface area contributed by atoms with E-state index in [0.29, 0.717) is 0 Å². The lowest BCUT2D eigenvalue weighted by Crippen LogP contribution is -2.30. The van der Waals surface area contributed by atoms with Crippen LogP contribution in [0.4, 0.5) is 10.1 Å². The van der Waals surface area contributed by atoms with Crippen molar-refractivity contribution in [2.45, 2.75) is 19.9 Å². The van der Waals surface area contributed by atoms with Crippen LogP contribution >= 0.6 is 0 Å². The molecule has 0 aliphatic rings. The lowest BCUT2D eigenvalue weighted by atomic mass is 10.1. The van der Waals surface area contributed by atoms with Crippen molar-refractivity contribution in [3.05, 3.63) is 41.5 Å². The molecule has 1 heterocycles. The number of rotatable bonds is 4. The first-order valence-electron chi connectivity index (χ1n) is 6.76. The number of carboxylic acid groups (broad SMARTS) is 1. The number of benzene rings is 1. The van der Waals surface area contributed by atoms with E-state index in [2.05, 4.69) is 15.3 Å². The molecular weight excluding hydrogens is 303 g/mol. The molecule has 4 N–H and O–H groups in total. The summed E-state index contributed by atoms with van der Waals surface area (Å²) in [6, 6.07) is 3.61. The van der Waals surface area contributed by atoms with E-state index >= 15 is 0 Å². The second-order valence-corrected chi connectivity index (χ2v) is 5.13. The third kappa shape index (κ3) is 3.60. The molecule has 0 aliphatic carbocycles. The van der Waals surface area contributed by atoms with Crippen molar-refractivity contribution in [1.82, 2.24) is 15.3 Å². The Balaban J connectivity index is 2.49. The van der Waals surface area contributed by atoms with E-state index in [-0.39, 0.29) is 34.6 Å². The average Bonchev–Trinajstić information content (AvgIpc) is 2.47. The van der Waals surface area contributed by atoms with E-state index in [1.54, 1.807) is 13.8 Å². The van der Waals surface area contributed by atoms with Gasteiger partial charge in [-0.1, -0.05) is 0 Å². The zero-order valence-electron chi connectivity index (χ0n) is 12.5. The summed E-state index contributed by atoms with van der Waals surface area (Å²) in [6.07, 6.45) is 1.09. The van der Waals surface area contributed by atoms with Gasteiger partial charge in [-0.25, -0.2) is 19.2 Å². The predicted octanol–water partition coefficient (Wildman–Crippen LogP) is 1.70. The van der Waals surface area contributed by atoms with E-state index in [4.69, 9.17) is 10.8 Å². The Morgan fingerprint density at radius 2 is 2.04 bits per heavy atom. The number of carboxylic acids is 1. The number of hydrogen-bond acceptors (Lipinski definition) is 5. The maximum atomic E-state index is 14.0. The summed E-state index contributed by atoms with van der Waals surface area (Å²) in [5.41, 5.74) is 5.06. The Bertz CT molecular complexity index is 777. The maximum Gasteiger partial charge on any atom is 0.356 e. The van der Waals surface area contributed by atoms with E-state index in [0.717, 1.165) is 12.3 Å². The number of aromatic carboxylic acids is 1. The summed E-state index contributed by atoms with van der Waals surface area (Å²) >= 11 is 0. The number of halogens is 1. The molecule has 23 heavy (non-hydrogen) atoms. The highest BCUT2D eigenvalue weighted by molar-refractivity contribution is 5.95. The highest BCUT2D eigenvalue weighted by atomic mass is 19.1. The quantitative estimate of drug-likeness (QED) is 0.789. The summed E-state index contributed by atoms with van der Waals surface area (Å²) in [5, 5.41) is 11.7. The van der Waals surface area contributed by atoms with E-state index < -0.39 is 17.5 Å². The molecule has 0 atom stereocenters. The Morgan fingerprint density at radius 1 is 1.35 bits per heavy atom. The third-order valence-electron chi connectivity index (χ3n) is 2.91. The van der Waals surface area contributed by atoms with E-state index in [9.17, 15) is 14.0 Å². The van der Waals surface area contributed by atoms with Gasteiger partial charge in [0, 0.05) is 11.6 Å². The SMILES string of the molecule is CC(C)NC(=O)c1ccc(F)c(-c2ncc(N)c(C(=O)O)n2)c1. The number of aromatic nitrogens is 2. The van der Waals surface area contributed by atoms with Crippen molar-refractivity contribution in [3.8, 4) is 11.4 Å². The molecule has 0 spiro atoms. The number of carbonyl (C=O) groups is 2. The van der Waals surface area contributed by atoms with Gasteiger partial charge in [-0.15, -0.1) is 0 Å². The molecule has 0 saturated carbocycles. The van der Waals surface area contributed by atoms with Gasteiger partial charge in [-0.05, 0) is 32.0 Å². The summed E-state index contributed by atoms with van der Waals surface area (Å²) < 4.78 is 14.0. The molecule has 120 valence electrons. The van der Waals surface area contributed by atoms with E-state index in [1.807, 2.05) is 0 Å². The van der Waals surface area contributed by atoms with Crippen molar-refractivity contribution in [1.29, 1.82) is 0 Å². The third-order valence-corrected chi connectivity index (χ3v) is 2.91. The molecule has 7 nitrogen and oxygen atoms in total. The van der Waals surface area contributed by atoms with Gasteiger partial charge in [0.15, 0.2) is 11.5 Å². The minimum atomic E-state index is -1.35. The van der Waals surface area contributed by atoms with Crippen LogP contribution < -0.4 is 11.1 Å². The molecule has 0 bridgehead atoms. The molecule has 0 unspecified atom stereocenters. The van der Waals surface area contributed by atoms with Gasteiger partial charge < -0.3 is 16.2 Å². The van der Waals surface area contributed by atoms with Gasteiger partial charge in [0.1, 0.15) is 5.82 Å². The maximum absolute atomic E-state index is 14.0. The second-order valence-electron chi connectivity index (χ2n) is 5.13. The van der Waals surface area contributed by atoms with Gasteiger partial charge in [-0.2, -0.15) is 0 Å². The Labute approximate surface area is 131 Å². The number of nitrogens with zero attached hydrogens (tertiary/aromatic N) is 2. The summed E-state index contributed by atoms with van der Waals surface area (Å²) in [4.78, 5) is 30.6. The van der Waals surface area contributed by atoms with Crippen LogP contribution in [0.3, 0.4) is 0 Å². The fraction of sp³-hybridized carbons (Fsp3) is 0.200. The molecule has 2 aromatic rings. The van der Waals surface area contributed by atoms with Crippen LogP contribution in [0.15, 0.2) is 24.4 Å². The topological polar surface area (TPSA) is 118 Å². The number of nitrogens with two attached hydrogens (primary N) is 1. The molecule has 1 amide bonds. The van der Waals surface area contributed by atoms with Crippen LogP contribution in [0.2, 0.25) is 0 Å². The number of nitrogens with one attached hydrogen (secondary N) is 1. The van der Waals surface area contributed by atoms with Crippen molar-refractivity contribution in [2.24, 2.45) is 0 Å². The second kappa shape index (κ2) is 6.39. The summed E-state index contributed by atoms with van der Waals surface area (Å²) in [6.45, 7) is 3.59. The van der Waals surface area contributed by atoms with Crippen LogP contribution in [0.1, 0.15) is 34.7 Å². The Morgan fingerprint density at radius 3 is 2.65 bits per heavy atom. The number of carbonyl (C=O) groups excluding carboxylic acids is 1. The van der Waals surface area contributed by atoms with Crippen molar-refractivity contribution in [2.75, 3.05) is 5.73 Å². The van der Waals surface area contributed by atoms with Gasteiger partial charge in [0.2, 0.25) is 0 Å². The molecule has 8 heteroatoms. The van der Waals surface area contributed by atoms with Crippen LogP contribution in [0, 0.1) is 5.82 Å². The van der Waals surface area contributed by atoms with Gasteiger partial charge in [0.05, 0.1) is 17.4 Å². The summed E-state index contributed by atoms with van der Waals surface area (Å²) in [5.74, 6) is -2.56. The molecular formula is C15H15FN4O3. The van der Waals surface area contributed by atoms with Crippen LogP contribution in [-0.4, -0.2) is 33.0 Å². The average molecular weight is 318 g/mol. The smallest absolute Gasteiger partial charge is 0.356 e. The Kier molecular flexibility index (Phi) is 4.54. The van der Waals surface area contributed by atoms with Crippen LogP contribution in [0.25, 0.3) is 11.4 Å². The monoisotopic (exact) mass is 318 g/mol. The minimum absolute atomic E-state index is 0.0797. The standard InChI is InChI=1S/C15H15FN4O3/c1-7(2)19-14(21)8-3-4-10(16)9(5-8)13-18-6-11(17)12(20-13)15(22)23/h3-7H,17H2,1-2H3,(H,19,21)(H,22,23). The molecule has 0 fully saturated rings. The van der Waals surface area contributed by atoms with Crippen molar-refractivity contribution >= 4 is 17.6 Å². The number of nitrogen functional groups attached to an aromatic ring is 1. The first kappa shape index (κ1) is 16.3. The Hall–Kier alpha value is -3.03. The fourth-order valence-electron chi connectivity index (χ4n) is 1.88. The lowest BCUT2D eigenvalue weighted by Gasteiger charge is -2.10. The highest BCUT2D eigenvalue weighted by Gasteiger charge is 2.17. The molecule has 0 radical (unpaired) electrons. The predicted molar refractivity (Wildman–Crippen MR) is 81.4 cm³/mol. The number of amides is 1. The first-order valence-corrected chi connectivity index (χ1v) is 6.76. The molecule has 1 aromatic heterocycles. The van der Waals surface area contributed by atoms with Gasteiger partial charge in [-0.3, -0.25) is 4.79 Å². The molecule has 0 saturated heterocycles. The van der Waals surface area contributed by atoms with Crippen molar-refractivity contribution in [3.63, 3.8) is 0 Å².